The maximum atomic E-state index is 5.86. The number of ether oxygens (including phenoxy) is 3. The minimum Gasteiger partial charge on any atom is -0.489 e. The van der Waals surface area contributed by atoms with E-state index in [4.69, 9.17) is 14.2 Å². The van der Waals surface area contributed by atoms with Crippen molar-refractivity contribution < 1.29 is 14.2 Å². The quantitative estimate of drug-likeness (QED) is 0.216. The summed E-state index contributed by atoms with van der Waals surface area (Å²) < 4.78 is 16.9. The molecule has 0 aromatic heterocycles. The van der Waals surface area contributed by atoms with E-state index in [1.54, 1.807) is 0 Å². The van der Waals surface area contributed by atoms with Gasteiger partial charge in [-0.1, -0.05) is 18.2 Å². The molecule has 1 aliphatic heterocycles. The summed E-state index contributed by atoms with van der Waals surface area (Å²) in [6.07, 6.45) is 2.09. The highest BCUT2D eigenvalue weighted by molar-refractivity contribution is 14.0. The largest absolute Gasteiger partial charge is 0.489 e. The van der Waals surface area contributed by atoms with Crippen molar-refractivity contribution >= 4 is 29.9 Å². The zero-order chi connectivity index (χ0) is 18.5. The van der Waals surface area contributed by atoms with Crippen LogP contribution in [0.5, 0.6) is 5.75 Å². The molecule has 6 nitrogen and oxygen atoms in total. The molecule has 0 radical (unpaired) electrons. The highest BCUT2D eigenvalue weighted by Gasteiger charge is 2.15. The first-order valence-corrected chi connectivity index (χ1v) is 9.67. The third kappa shape index (κ3) is 10.8. The fourth-order valence-electron chi connectivity index (χ4n) is 2.68. The summed E-state index contributed by atoms with van der Waals surface area (Å²) in [6, 6.07) is 9.84. The second kappa shape index (κ2) is 14.9. The van der Waals surface area contributed by atoms with Crippen LogP contribution >= 0.6 is 24.0 Å². The maximum absolute atomic E-state index is 5.86. The van der Waals surface area contributed by atoms with Crippen LogP contribution in [-0.4, -0.2) is 58.1 Å². The van der Waals surface area contributed by atoms with Crippen LogP contribution in [0.25, 0.3) is 0 Å². The third-order valence-electron chi connectivity index (χ3n) is 4.07. The Kier molecular flexibility index (Phi) is 13.3. The van der Waals surface area contributed by atoms with Gasteiger partial charge < -0.3 is 24.8 Å². The van der Waals surface area contributed by atoms with Crippen molar-refractivity contribution in [1.82, 2.24) is 10.6 Å². The zero-order valence-corrected chi connectivity index (χ0v) is 18.8. The van der Waals surface area contributed by atoms with E-state index in [-0.39, 0.29) is 30.1 Å². The van der Waals surface area contributed by atoms with E-state index in [0.717, 1.165) is 64.1 Å². The highest BCUT2D eigenvalue weighted by atomic mass is 127. The minimum atomic E-state index is 0. The van der Waals surface area contributed by atoms with Gasteiger partial charge in [-0.2, -0.15) is 0 Å². The normalized spacial score (nSPS) is 17.9. The van der Waals surface area contributed by atoms with E-state index in [2.05, 4.69) is 22.5 Å². The van der Waals surface area contributed by atoms with Crippen LogP contribution < -0.4 is 15.4 Å². The predicted octanol–water partition coefficient (Wildman–Crippen LogP) is 3.07. The predicted molar refractivity (Wildman–Crippen MR) is 120 cm³/mol. The van der Waals surface area contributed by atoms with Crippen molar-refractivity contribution in [3.8, 4) is 5.75 Å². The second-order valence-corrected chi connectivity index (χ2v) is 6.55. The average molecular weight is 491 g/mol. The lowest BCUT2D eigenvalue weighted by Gasteiger charge is -2.15. The monoisotopic (exact) mass is 491 g/mol. The molecule has 1 fully saturated rings. The number of benzene rings is 1. The van der Waals surface area contributed by atoms with Gasteiger partial charge >= 0.3 is 0 Å². The lowest BCUT2D eigenvalue weighted by molar-refractivity contribution is 0.0888. The molecular formula is C20H34IN3O3. The smallest absolute Gasteiger partial charge is 0.191 e. The van der Waals surface area contributed by atoms with Crippen molar-refractivity contribution in [3.63, 3.8) is 0 Å². The van der Waals surface area contributed by atoms with E-state index in [1.165, 1.54) is 0 Å². The maximum Gasteiger partial charge on any atom is 0.191 e. The lowest BCUT2D eigenvalue weighted by atomic mass is 10.1. The van der Waals surface area contributed by atoms with E-state index >= 15 is 0 Å². The molecule has 1 aliphatic rings. The van der Waals surface area contributed by atoms with Crippen LogP contribution in [0.15, 0.2) is 35.3 Å². The molecule has 7 heteroatoms. The molecule has 0 bridgehead atoms. The van der Waals surface area contributed by atoms with Crippen LogP contribution in [0, 0.1) is 5.92 Å². The van der Waals surface area contributed by atoms with Gasteiger partial charge in [0.2, 0.25) is 0 Å². The first-order valence-electron chi connectivity index (χ1n) is 9.67. The van der Waals surface area contributed by atoms with Gasteiger partial charge in [-0.05, 0) is 38.8 Å². The third-order valence-corrected chi connectivity index (χ3v) is 4.07. The van der Waals surface area contributed by atoms with Crippen LogP contribution in [-0.2, 0) is 9.47 Å². The summed E-state index contributed by atoms with van der Waals surface area (Å²) in [7, 11) is 0. The van der Waals surface area contributed by atoms with Crippen LogP contribution in [0.2, 0.25) is 0 Å². The lowest BCUT2D eigenvalue weighted by Crippen LogP contribution is -2.38. The fourth-order valence-corrected chi connectivity index (χ4v) is 2.68. The molecule has 1 saturated heterocycles. The van der Waals surface area contributed by atoms with E-state index < -0.39 is 0 Å². The number of halogens is 1. The van der Waals surface area contributed by atoms with Crippen molar-refractivity contribution in [2.75, 3.05) is 46.1 Å². The summed E-state index contributed by atoms with van der Waals surface area (Å²) in [6.45, 7) is 9.65. The van der Waals surface area contributed by atoms with Gasteiger partial charge in [0, 0.05) is 32.2 Å². The number of guanidine groups is 1. The molecule has 0 saturated carbocycles. The molecule has 154 valence electrons. The number of aliphatic imine (C=N–C) groups is 1. The highest BCUT2D eigenvalue weighted by Crippen LogP contribution is 2.12. The molecule has 2 N–H and O–H groups in total. The van der Waals surface area contributed by atoms with Gasteiger partial charge in [0.15, 0.2) is 5.96 Å². The number of hydrogen-bond donors (Lipinski definition) is 2. The topological polar surface area (TPSA) is 64.1 Å². The number of rotatable bonds is 11. The summed E-state index contributed by atoms with van der Waals surface area (Å²) in [4.78, 5) is 4.60. The molecule has 2 atom stereocenters. The van der Waals surface area contributed by atoms with Crippen molar-refractivity contribution in [2.45, 2.75) is 32.8 Å². The summed E-state index contributed by atoms with van der Waals surface area (Å²) in [5.74, 6) is 2.27. The second-order valence-electron chi connectivity index (χ2n) is 6.55. The molecule has 1 heterocycles. The average Bonchev–Trinajstić information content (AvgIpc) is 3.16. The van der Waals surface area contributed by atoms with Gasteiger partial charge in [0.05, 0.1) is 19.8 Å². The molecule has 0 aliphatic carbocycles. The molecular weight excluding hydrogens is 457 g/mol. The standard InChI is InChI=1S/C20H33N3O3.HI/c1-3-21-20(22-11-7-12-24-15-18-10-13-25-16-18)23-14-17(2)26-19-8-5-4-6-9-19;/h4-6,8-9,17-18H,3,7,10-16H2,1-2H3,(H2,21,22,23);1H. The molecule has 27 heavy (non-hydrogen) atoms. The van der Waals surface area contributed by atoms with Crippen LogP contribution in [0.1, 0.15) is 26.7 Å². The van der Waals surface area contributed by atoms with Crippen LogP contribution in [0.4, 0.5) is 0 Å². The van der Waals surface area contributed by atoms with Crippen molar-refractivity contribution in [2.24, 2.45) is 10.9 Å². The Morgan fingerprint density at radius 1 is 1.30 bits per heavy atom. The van der Waals surface area contributed by atoms with Gasteiger partial charge in [0.1, 0.15) is 11.9 Å². The SMILES string of the molecule is CCNC(=NCC(C)Oc1ccccc1)NCCCOCC1CCOC1.I. The number of nitrogens with zero attached hydrogens (tertiary/aromatic N) is 1. The van der Waals surface area contributed by atoms with Crippen molar-refractivity contribution in [3.05, 3.63) is 30.3 Å². The number of hydrogen-bond acceptors (Lipinski definition) is 4. The first kappa shape index (κ1) is 24.0. The molecule has 0 spiro atoms. The molecule has 2 unspecified atom stereocenters. The zero-order valence-electron chi connectivity index (χ0n) is 16.5. The Morgan fingerprint density at radius 3 is 2.81 bits per heavy atom. The van der Waals surface area contributed by atoms with Gasteiger partial charge in [-0.3, -0.25) is 0 Å². The van der Waals surface area contributed by atoms with Crippen LogP contribution in [0.3, 0.4) is 0 Å². The summed E-state index contributed by atoms with van der Waals surface area (Å²) in [5, 5.41) is 6.61. The van der Waals surface area contributed by atoms with Gasteiger partial charge in [0.25, 0.3) is 0 Å². The molecule has 0 amide bonds. The molecule has 1 aromatic carbocycles. The fraction of sp³-hybridized carbons (Fsp3) is 0.650. The van der Waals surface area contributed by atoms with E-state index in [1.807, 2.05) is 37.3 Å². The Labute approximate surface area is 180 Å². The summed E-state index contributed by atoms with van der Waals surface area (Å²) >= 11 is 0. The van der Waals surface area contributed by atoms with Crippen molar-refractivity contribution in [1.29, 1.82) is 0 Å². The molecule has 1 aromatic rings. The van der Waals surface area contributed by atoms with E-state index in [0.29, 0.717) is 12.5 Å². The van der Waals surface area contributed by atoms with Gasteiger partial charge in [-0.15, -0.1) is 24.0 Å². The first-order chi connectivity index (χ1) is 12.8. The van der Waals surface area contributed by atoms with Gasteiger partial charge in [-0.25, -0.2) is 4.99 Å². The Balaban J connectivity index is 0.00000364. The van der Waals surface area contributed by atoms with E-state index in [9.17, 15) is 0 Å². The summed E-state index contributed by atoms with van der Waals surface area (Å²) in [5.41, 5.74) is 0. The number of nitrogens with one attached hydrogen (secondary N) is 2. The number of para-hydroxylation sites is 1. The Hall–Kier alpha value is -1.06. The minimum absolute atomic E-state index is 0. The Morgan fingerprint density at radius 2 is 2.11 bits per heavy atom. The Bertz CT molecular complexity index is 510. The molecule has 2 rings (SSSR count).